The summed E-state index contributed by atoms with van der Waals surface area (Å²) in [5, 5.41) is 12.3. The number of rotatable bonds is 8. The summed E-state index contributed by atoms with van der Waals surface area (Å²) in [5.74, 6) is -2.57. The van der Waals surface area contributed by atoms with Crippen LogP contribution in [-0.2, 0) is 15.8 Å². The van der Waals surface area contributed by atoms with Gasteiger partial charge in [-0.3, -0.25) is 14.7 Å². The zero-order valence-corrected chi connectivity index (χ0v) is 17.4. The molecule has 0 spiro atoms. The Balaban J connectivity index is 1.81. The highest BCUT2D eigenvalue weighted by Crippen LogP contribution is 2.50. The van der Waals surface area contributed by atoms with Gasteiger partial charge in [0.05, 0.1) is 0 Å². The third-order valence-corrected chi connectivity index (χ3v) is 5.97. The number of hydrogen-bond acceptors (Lipinski definition) is 3. The average molecular weight is 425 g/mol. The number of aliphatic carboxylic acids is 1. The molecular formula is C23H24NO5P. The first-order chi connectivity index (χ1) is 14.2. The van der Waals surface area contributed by atoms with Crippen molar-refractivity contribution in [1.29, 1.82) is 0 Å². The largest absolute Gasteiger partial charge is 0.480 e. The summed E-state index contributed by atoms with van der Waals surface area (Å²) in [6, 6.07) is 22.8. The van der Waals surface area contributed by atoms with E-state index >= 15 is 0 Å². The maximum atomic E-state index is 12.1. The fourth-order valence-electron chi connectivity index (χ4n) is 3.34. The Kier molecular flexibility index (Phi) is 6.85. The third kappa shape index (κ3) is 5.65. The molecule has 0 aliphatic rings. The Labute approximate surface area is 175 Å². The highest BCUT2D eigenvalue weighted by Gasteiger charge is 2.34. The molecule has 7 heteroatoms. The Bertz CT molecular complexity index is 1050. The fourth-order valence-corrected chi connectivity index (χ4v) is 4.26. The minimum Gasteiger partial charge on any atom is -0.480 e. The molecule has 0 amide bonds. The molecule has 0 aliphatic heterocycles. The molecule has 3 aromatic rings. The molecule has 0 radical (unpaired) electrons. The number of carboxylic acid groups (broad SMARTS) is 1. The normalized spacial score (nSPS) is 13.6. The van der Waals surface area contributed by atoms with Crippen molar-refractivity contribution < 1.29 is 24.3 Å². The van der Waals surface area contributed by atoms with E-state index in [1.54, 1.807) is 18.2 Å². The van der Waals surface area contributed by atoms with Gasteiger partial charge in [0.2, 0.25) is 0 Å². The quantitative estimate of drug-likeness (QED) is 0.405. The Morgan fingerprint density at radius 1 is 0.933 bits per heavy atom. The summed E-state index contributed by atoms with van der Waals surface area (Å²) in [7, 11) is -4.64. The van der Waals surface area contributed by atoms with Gasteiger partial charge in [0.1, 0.15) is 11.8 Å². The standard InChI is InChI=1S/C23H24NO5P/c1-16-6-5-9-20(14-16)22(30(27,28)29)24-21(23(25)26)15-17-10-12-19(13-11-17)18-7-3-2-4-8-18/h2-14,21-22,24H,15H2,1H3,(H,25,26)(H2,27,28,29)/t21-,22?/m0/s1. The molecule has 156 valence electrons. The Morgan fingerprint density at radius 3 is 2.13 bits per heavy atom. The summed E-state index contributed by atoms with van der Waals surface area (Å²) < 4.78 is 12.1. The molecule has 2 atom stereocenters. The van der Waals surface area contributed by atoms with E-state index in [9.17, 15) is 24.3 Å². The van der Waals surface area contributed by atoms with Gasteiger partial charge in [-0.05, 0) is 35.6 Å². The zero-order valence-electron chi connectivity index (χ0n) is 16.5. The average Bonchev–Trinajstić information content (AvgIpc) is 2.71. The van der Waals surface area contributed by atoms with Crippen LogP contribution in [0.4, 0.5) is 0 Å². The molecule has 3 rings (SSSR count). The first-order valence-electron chi connectivity index (χ1n) is 9.49. The maximum Gasteiger partial charge on any atom is 0.346 e. The Morgan fingerprint density at radius 2 is 1.57 bits per heavy atom. The van der Waals surface area contributed by atoms with Crippen molar-refractivity contribution in [2.75, 3.05) is 0 Å². The molecule has 0 saturated carbocycles. The molecule has 1 unspecified atom stereocenters. The predicted octanol–water partition coefficient (Wildman–Crippen LogP) is 4.12. The van der Waals surface area contributed by atoms with Gasteiger partial charge < -0.3 is 14.9 Å². The highest BCUT2D eigenvalue weighted by atomic mass is 31.2. The first-order valence-corrected chi connectivity index (χ1v) is 11.2. The maximum absolute atomic E-state index is 12.1. The van der Waals surface area contributed by atoms with Crippen LogP contribution >= 0.6 is 7.60 Å². The van der Waals surface area contributed by atoms with Gasteiger partial charge in [-0.1, -0.05) is 84.4 Å². The van der Waals surface area contributed by atoms with Crippen LogP contribution in [-0.4, -0.2) is 26.9 Å². The molecule has 0 fully saturated rings. The van der Waals surface area contributed by atoms with Crippen molar-refractivity contribution in [2.45, 2.75) is 25.2 Å². The summed E-state index contributed by atoms with van der Waals surface area (Å²) >= 11 is 0. The molecule has 3 aromatic carbocycles. The van der Waals surface area contributed by atoms with E-state index in [-0.39, 0.29) is 6.42 Å². The molecule has 4 N–H and O–H groups in total. The lowest BCUT2D eigenvalue weighted by atomic mass is 10.0. The highest BCUT2D eigenvalue weighted by molar-refractivity contribution is 7.52. The second-order valence-corrected chi connectivity index (χ2v) is 8.92. The van der Waals surface area contributed by atoms with Crippen molar-refractivity contribution in [3.8, 4) is 11.1 Å². The lowest BCUT2D eigenvalue weighted by Gasteiger charge is -2.25. The minimum atomic E-state index is -4.64. The van der Waals surface area contributed by atoms with Crippen molar-refractivity contribution in [3.63, 3.8) is 0 Å². The van der Waals surface area contributed by atoms with Crippen LogP contribution in [0.15, 0.2) is 78.9 Å². The van der Waals surface area contributed by atoms with E-state index in [1.165, 1.54) is 0 Å². The number of carboxylic acids is 1. The molecule has 0 aliphatic carbocycles. The molecule has 0 saturated heterocycles. The van der Waals surface area contributed by atoms with Gasteiger partial charge in [-0.2, -0.15) is 0 Å². The van der Waals surface area contributed by atoms with E-state index in [0.717, 1.165) is 22.3 Å². The molecule has 30 heavy (non-hydrogen) atoms. The number of carbonyl (C=O) groups is 1. The number of benzene rings is 3. The molecular weight excluding hydrogens is 401 g/mol. The summed E-state index contributed by atoms with van der Waals surface area (Å²) in [4.78, 5) is 31.5. The number of hydrogen-bond donors (Lipinski definition) is 4. The van der Waals surface area contributed by atoms with Crippen LogP contribution in [0.1, 0.15) is 22.5 Å². The summed E-state index contributed by atoms with van der Waals surface area (Å²) in [6.07, 6.45) is 0.0900. The minimum absolute atomic E-state index is 0.0900. The van der Waals surface area contributed by atoms with E-state index < -0.39 is 25.4 Å². The lowest BCUT2D eigenvalue weighted by molar-refractivity contribution is -0.139. The van der Waals surface area contributed by atoms with Crippen LogP contribution in [0, 0.1) is 6.92 Å². The lowest BCUT2D eigenvalue weighted by Crippen LogP contribution is -2.40. The Hall–Kier alpha value is -2.76. The van der Waals surface area contributed by atoms with Gasteiger partial charge in [-0.25, -0.2) is 0 Å². The zero-order chi connectivity index (χ0) is 21.7. The van der Waals surface area contributed by atoms with Crippen molar-refractivity contribution in [3.05, 3.63) is 95.6 Å². The van der Waals surface area contributed by atoms with Crippen LogP contribution in [0.3, 0.4) is 0 Å². The monoisotopic (exact) mass is 425 g/mol. The smallest absolute Gasteiger partial charge is 0.346 e. The van der Waals surface area contributed by atoms with Gasteiger partial charge in [-0.15, -0.1) is 0 Å². The summed E-state index contributed by atoms with van der Waals surface area (Å²) in [5.41, 5.74) is 4.00. The van der Waals surface area contributed by atoms with Crippen LogP contribution in [0.2, 0.25) is 0 Å². The van der Waals surface area contributed by atoms with Crippen LogP contribution in [0.25, 0.3) is 11.1 Å². The van der Waals surface area contributed by atoms with Gasteiger partial charge in [0.15, 0.2) is 0 Å². The molecule has 0 heterocycles. The number of nitrogens with one attached hydrogen (secondary N) is 1. The topological polar surface area (TPSA) is 107 Å². The fraction of sp³-hybridized carbons (Fsp3) is 0.174. The van der Waals surface area contributed by atoms with Gasteiger partial charge in [0.25, 0.3) is 0 Å². The van der Waals surface area contributed by atoms with Gasteiger partial charge in [0, 0.05) is 0 Å². The molecule has 0 aromatic heterocycles. The van der Waals surface area contributed by atoms with Crippen molar-refractivity contribution in [1.82, 2.24) is 5.32 Å². The number of aryl methyl sites for hydroxylation is 1. The SMILES string of the molecule is Cc1cccc(C(N[C@@H](Cc2ccc(-c3ccccc3)cc2)C(=O)O)P(=O)(O)O)c1. The summed E-state index contributed by atoms with van der Waals surface area (Å²) in [6.45, 7) is 1.81. The molecule has 0 bridgehead atoms. The molecule has 6 nitrogen and oxygen atoms in total. The van der Waals surface area contributed by atoms with E-state index in [1.807, 2.05) is 67.6 Å². The van der Waals surface area contributed by atoms with E-state index in [2.05, 4.69) is 5.32 Å². The van der Waals surface area contributed by atoms with Crippen molar-refractivity contribution in [2.24, 2.45) is 0 Å². The second kappa shape index (κ2) is 9.37. The van der Waals surface area contributed by atoms with Crippen LogP contribution in [0.5, 0.6) is 0 Å². The van der Waals surface area contributed by atoms with E-state index in [0.29, 0.717) is 5.56 Å². The van der Waals surface area contributed by atoms with E-state index in [4.69, 9.17) is 0 Å². The second-order valence-electron chi connectivity index (χ2n) is 7.23. The van der Waals surface area contributed by atoms with Crippen molar-refractivity contribution >= 4 is 13.6 Å². The third-order valence-electron chi connectivity index (χ3n) is 4.85. The predicted molar refractivity (Wildman–Crippen MR) is 116 cm³/mol. The van der Waals surface area contributed by atoms with Crippen LogP contribution < -0.4 is 5.32 Å². The van der Waals surface area contributed by atoms with Gasteiger partial charge >= 0.3 is 13.6 Å². The first kappa shape index (κ1) is 21.9.